The van der Waals surface area contributed by atoms with Crippen molar-refractivity contribution in [3.05, 3.63) is 60.4 Å². The maximum Gasteiger partial charge on any atom is 0.248 e. The van der Waals surface area contributed by atoms with Crippen LogP contribution in [0.3, 0.4) is 0 Å². The van der Waals surface area contributed by atoms with E-state index < -0.39 is 11.2 Å². The largest absolute Gasteiger partial charge is 0.495 e. The number of carbonyl (C=O) groups excluding carboxylic acids is 2. The molecule has 0 radical (unpaired) electrons. The maximum atomic E-state index is 12.5. The maximum absolute atomic E-state index is 12.5. The number of nitrogens with zero attached hydrogens (tertiary/aromatic N) is 3. The number of carbonyl (C=O) groups is 2. The van der Waals surface area contributed by atoms with Gasteiger partial charge in [-0.3, -0.25) is 14.2 Å². The van der Waals surface area contributed by atoms with Crippen molar-refractivity contribution in [2.24, 2.45) is 5.73 Å². The van der Waals surface area contributed by atoms with Crippen LogP contribution >= 0.6 is 11.8 Å². The minimum Gasteiger partial charge on any atom is -0.495 e. The van der Waals surface area contributed by atoms with Gasteiger partial charge in [-0.2, -0.15) is 0 Å². The molecule has 0 fully saturated rings. The third-order valence-electron chi connectivity index (χ3n) is 3.95. The van der Waals surface area contributed by atoms with Crippen molar-refractivity contribution in [1.29, 1.82) is 0 Å². The van der Waals surface area contributed by atoms with Crippen molar-refractivity contribution in [3.8, 4) is 11.4 Å². The van der Waals surface area contributed by atoms with Crippen LogP contribution in [-0.2, 0) is 4.79 Å². The van der Waals surface area contributed by atoms with E-state index in [1.54, 1.807) is 49.2 Å². The van der Waals surface area contributed by atoms with Crippen LogP contribution in [0.5, 0.6) is 5.75 Å². The van der Waals surface area contributed by atoms with Crippen LogP contribution in [0.4, 0.5) is 5.69 Å². The number of benzene rings is 2. The van der Waals surface area contributed by atoms with Crippen molar-refractivity contribution in [2.75, 3.05) is 12.4 Å². The number of thioether (sulfide) groups is 1. The van der Waals surface area contributed by atoms with Gasteiger partial charge in [0.05, 0.1) is 18.0 Å². The first-order chi connectivity index (χ1) is 13.5. The average Bonchev–Trinajstić information content (AvgIpc) is 3.16. The van der Waals surface area contributed by atoms with Crippen molar-refractivity contribution in [3.63, 3.8) is 0 Å². The molecule has 8 nitrogen and oxygen atoms in total. The number of aromatic nitrogens is 3. The first kappa shape index (κ1) is 19.4. The highest BCUT2D eigenvalue weighted by Gasteiger charge is 2.19. The number of ether oxygens (including phenoxy) is 1. The van der Waals surface area contributed by atoms with Crippen LogP contribution in [0.2, 0.25) is 0 Å². The summed E-state index contributed by atoms with van der Waals surface area (Å²) in [7, 11) is 1.59. The molecule has 3 N–H and O–H groups in total. The average molecular weight is 397 g/mol. The van der Waals surface area contributed by atoms with Gasteiger partial charge >= 0.3 is 0 Å². The second kappa shape index (κ2) is 8.57. The van der Waals surface area contributed by atoms with Gasteiger partial charge in [0.2, 0.25) is 11.8 Å². The third kappa shape index (κ3) is 4.32. The van der Waals surface area contributed by atoms with Crippen molar-refractivity contribution >= 4 is 29.3 Å². The van der Waals surface area contributed by atoms with Crippen LogP contribution in [-0.4, -0.2) is 38.9 Å². The fraction of sp³-hybridized carbons (Fsp3) is 0.158. The summed E-state index contributed by atoms with van der Waals surface area (Å²) < 4.78 is 7.16. The predicted octanol–water partition coefficient (Wildman–Crippen LogP) is 2.49. The molecule has 0 saturated carbocycles. The number of primary amides is 1. The zero-order chi connectivity index (χ0) is 20.1. The summed E-state index contributed by atoms with van der Waals surface area (Å²) in [5.41, 5.74) is 6.96. The van der Waals surface area contributed by atoms with Crippen LogP contribution in [0.1, 0.15) is 17.3 Å². The molecular formula is C19H19N5O3S. The van der Waals surface area contributed by atoms with Crippen LogP contribution in [0.15, 0.2) is 60.0 Å². The number of nitrogens with two attached hydrogens (primary N) is 1. The predicted molar refractivity (Wildman–Crippen MR) is 107 cm³/mol. The van der Waals surface area contributed by atoms with Gasteiger partial charge in [0, 0.05) is 11.3 Å². The minimum atomic E-state index is -0.516. The Balaban J connectivity index is 1.71. The molecule has 0 aliphatic carbocycles. The lowest BCUT2D eigenvalue weighted by molar-refractivity contribution is -0.115. The summed E-state index contributed by atoms with van der Waals surface area (Å²) in [6, 6.07) is 13.9. The van der Waals surface area contributed by atoms with Gasteiger partial charge in [0.25, 0.3) is 0 Å². The van der Waals surface area contributed by atoms with Gasteiger partial charge in [-0.05, 0) is 43.3 Å². The normalized spacial score (nSPS) is 11.6. The van der Waals surface area contributed by atoms with E-state index >= 15 is 0 Å². The Hall–Kier alpha value is -3.33. The smallest absolute Gasteiger partial charge is 0.248 e. The lowest BCUT2D eigenvalue weighted by Crippen LogP contribution is -2.23. The second-order valence-electron chi connectivity index (χ2n) is 5.85. The Morgan fingerprint density at radius 1 is 1.18 bits per heavy atom. The molecule has 2 amide bonds. The number of anilines is 1. The van der Waals surface area contributed by atoms with E-state index in [0.29, 0.717) is 22.2 Å². The standard InChI is InChI=1S/C19H19N5O3S/c1-12(18(26)22-14-9-7-13(8-10-14)17(20)25)28-19-23-21-11-24(19)15-5-3-4-6-16(15)27-2/h3-12H,1-2H3,(H2,20,25)(H,22,26)/t12-/m1/s1. The molecular weight excluding hydrogens is 378 g/mol. The van der Waals surface area contributed by atoms with Crippen molar-refractivity contribution in [2.45, 2.75) is 17.3 Å². The van der Waals surface area contributed by atoms with Gasteiger partial charge in [-0.15, -0.1) is 10.2 Å². The molecule has 144 valence electrons. The summed E-state index contributed by atoms with van der Waals surface area (Å²) in [5, 5.41) is 11.0. The molecule has 0 bridgehead atoms. The Morgan fingerprint density at radius 3 is 2.57 bits per heavy atom. The topological polar surface area (TPSA) is 112 Å². The number of rotatable bonds is 7. The molecule has 2 aromatic carbocycles. The van der Waals surface area contributed by atoms with E-state index in [0.717, 1.165) is 5.69 Å². The molecule has 0 saturated heterocycles. The Bertz CT molecular complexity index is 987. The first-order valence-corrected chi connectivity index (χ1v) is 9.28. The number of methoxy groups -OCH3 is 1. The van der Waals surface area contributed by atoms with Gasteiger partial charge in [-0.1, -0.05) is 23.9 Å². The third-order valence-corrected chi connectivity index (χ3v) is 5.01. The highest BCUT2D eigenvalue weighted by atomic mass is 32.2. The lowest BCUT2D eigenvalue weighted by atomic mass is 10.2. The SMILES string of the molecule is COc1ccccc1-n1cnnc1S[C@H](C)C(=O)Nc1ccc(C(N)=O)cc1. The molecule has 0 aliphatic rings. The van der Waals surface area contributed by atoms with Gasteiger partial charge in [0.15, 0.2) is 5.16 Å². The molecule has 28 heavy (non-hydrogen) atoms. The van der Waals surface area contributed by atoms with Crippen LogP contribution in [0.25, 0.3) is 5.69 Å². The van der Waals surface area contributed by atoms with E-state index in [2.05, 4.69) is 15.5 Å². The van der Waals surface area contributed by atoms with Crippen molar-refractivity contribution < 1.29 is 14.3 Å². The molecule has 1 atom stereocenters. The van der Waals surface area contributed by atoms with E-state index in [4.69, 9.17) is 10.5 Å². The summed E-state index contributed by atoms with van der Waals surface area (Å²) >= 11 is 1.27. The molecule has 9 heteroatoms. The molecule has 0 aliphatic heterocycles. The molecule has 3 rings (SSSR count). The molecule has 1 heterocycles. The highest BCUT2D eigenvalue weighted by molar-refractivity contribution is 8.00. The molecule has 1 aromatic heterocycles. The lowest BCUT2D eigenvalue weighted by Gasteiger charge is -2.14. The van der Waals surface area contributed by atoms with Crippen LogP contribution in [0, 0.1) is 0 Å². The summed E-state index contributed by atoms with van der Waals surface area (Å²) in [5.74, 6) is -0.0420. The Kier molecular flexibility index (Phi) is 5.95. The molecule has 0 spiro atoms. The number of nitrogens with one attached hydrogen (secondary N) is 1. The van der Waals surface area contributed by atoms with Crippen LogP contribution < -0.4 is 15.8 Å². The van der Waals surface area contributed by atoms with Crippen molar-refractivity contribution in [1.82, 2.24) is 14.8 Å². The van der Waals surface area contributed by atoms with E-state index in [9.17, 15) is 9.59 Å². The van der Waals surface area contributed by atoms with E-state index in [-0.39, 0.29) is 5.91 Å². The highest BCUT2D eigenvalue weighted by Crippen LogP contribution is 2.29. The Labute approximate surface area is 166 Å². The van der Waals surface area contributed by atoms with Gasteiger partial charge < -0.3 is 15.8 Å². The van der Waals surface area contributed by atoms with E-state index in [1.165, 1.54) is 11.8 Å². The fourth-order valence-corrected chi connectivity index (χ4v) is 3.31. The van der Waals surface area contributed by atoms with Gasteiger partial charge in [-0.25, -0.2) is 0 Å². The zero-order valence-corrected chi connectivity index (χ0v) is 16.1. The fourth-order valence-electron chi connectivity index (χ4n) is 2.47. The molecule has 0 unspecified atom stereocenters. The summed E-state index contributed by atoms with van der Waals surface area (Å²) in [4.78, 5) is 23.6. The van der Waals surface area contributed by atoms with E-state index in [1.807, 2.05) is 24.3 Å². The molecule has 3 aromatic rings. The quantitative estimate of drug-likeness (QED) is 0.593. The number of amides is 2. The summed E-state index contributed by atoms with van der Waals surface area (Å²) in [6.07, 6.45) is 1.58. The first-order valence-electron chi connectivity index (χ1n) is 8.40. The van der Waals surface area contributed by atoms with Gasteiger partial charge in [0.1, 0.15) is 12.1 Å². The number of para-hydroxylation sites is 2. The Morgan fingerprint density at radius 2 is 1.89 bits per heavy atom. The second-order valence-corrected chi connectivity index (χ2v) is 7.15. The zero-order valence-electron chi connectivity index (χ0n) is 15.3. The monoisotopic (exact) mass is 397 g/mol. The summed E-state index contributed by atoms with van der Waals surface area (Å²) in [6.45, 7) is 1.78. The minimum absolute atomic E-state index is 0.202. The number of hydrogen-bond acceptors (Lipinski definition) is 6. The number of hydrogen-bond donors (Lipinski definition) is 2.